The van der Waals surface area contributed by atoms with Gasteiger partial charge in [-0.3, -0.25) is 0 Å². The van der Waals surface area contributed by atoms with Crippen molar-refractivity contribution in [1.29, 1.82) is 0 Å². The van der Waals surface area contributed by atoms with Crippen LogP contribution >= 0.6 is 0 Å². The van der Waals surface area contributed by atoms with Gasteiger partial charge in [-0.05, 0) is 85.1 Å². The second-order valence-electron chi connectivity index (χ2n) is 11.3. The molecule has 4 aromatic rings. The Hall–Kier alpha value is -4.69. The van der Waals surface area contributed by atoms with Crippen LogP contribution in [0.2, 0.25) is 0 Å². The summed E-state index contributed by atoms with van der Waals surface area (Å²) in [6.45, 7) is 3.04. The number of anilines is 2. The number of carbonyl (C=O) groups is 1. The summed E-state index contributed by atoms with van der Waals surface area (Å²) in [4.78, 5) is 12.6. The zero-order chi connectivity index (χ0) is 33.8. The van der Waals surface area contributed by atoms with Crippen molar-refractivity contribution in [3.8, 4) is 17.6 Å². The highest BCUT2D eigenvalue weighted by molar-refractivity contribution is 5.99. The predicted octanol–water partition coefficient (Wildman–Crippen LogP) is 6.35. The summed E-state index contributed by atoms with van der Waals surface area (Å²) in [5, 5.41) is 38.2. The molecule has 0 fully saturated rings. The third-order valence-electron chi connectivity index (χ3n) is 7.46. The molecule has 252 valence electrons. The first-order valence-electron chi connectivity index (χ1n) is 16.3. The van der Waals surface area contributed by atoms with E-state index in [0.29, 0.717) is 55.5 Å². The molecule has 6 N–H and O–H groups in total. The molecule has 0 unspecified atom stereocenters. The van der Waals surface area contributed by atoms with Gasteiger partial charge in [0.15, 0.2) is 0 Å². The number of carbonyl (C=O) groups excluding carboxylic acids is 1. The van der Waals surface area contributed by atoms with Crippen LogP contribution in [0.1, 0.15) is 59.6 Å². The van der Waals surface area contributed by atoms with E-state index >= 15 is 0 Å². The van der Waals surface area contributed by atoms with E-state index in [-0.39, 0.29) is 18.4 Å². The Kier molecular flexibility index (Phi) is 15.5. The van der Waals surface area contributed by atoms with Crippen LogP contribution in [0.4, 0.5) is 16.2 Å². The second-order valence-corrected chi connectivity index (χ2v) is 11.3. The molecule has 9 heteroatoms. The number of nitrogens with one attached hydrogen (secondary N) is 3. The Bertz CT molecular complexity index is 1620. The molecule has 48 heavy (non-hydrogen) atoms. The molecule has 0 radical (unpaired) electrons. The van der Waals surface area contributed by atoms with Gasteiger partial charge >= 0.3 is 6.03 Å². The number of rotatable bonds is 18. The van der Waals surface area contributed by atoms with Gasteiger partial charge < -0.3 is 40.7 Å². The Balaban J connectivity index is 1.02. The molecule has 1 atom stereocenters. The average Bonchev–Trinajstić information content (AvgIpc) is 3.10. The largest absolute Gasteiger partial charge is 0.508 e. The van der Waals surface area contributed by atoms with Crippen LogP contribution in [0.3, 0.4) is 0 Å². The van der Waals surface area contributed by atoms with Gasteiger partial charge in [-0.1, -0.05) is 67.1 Å². The van der Waals surface area contributed by atoms with Crippen molar-refractivity contribution < 1.29 is 29.6 Å². The topological polar surface area (TPSA) is 132 Å². The number of amides is 2. The number of phenols is 1. The molecular weight excluding hydrogens is 606 g/mol. The van der Waals surface area contributed by atoms with Crippen molar-refractivity contribution >= 4 is 17.4 Å². The van der Waals surface area contributed by atoms with Gasteiger partial charge in [0, 0.05) is 41.2 Å². The minimum Gasteiger partial charge on any atom is -0.508 e. The van der Waals surface area contributed by atoms with Gasteiger partial charge in [0.1, 0.15) is 5.75 Å². The molecular formula is C39H45N3O6. The Morgan fingerprint density at radius 3 is 2.25 bits per heavy atom. The molecule has 4 rings (SSSR count). The number of hydrogen-bond donors (Lipinski definition) is 6. The Morgan fingerprint density at radius 1 is 0.729 bits per heavy atom. The molecule has 4 aromatic carbocycles. The number of aliphatic hydroxyl groups excluding tert-OH is 2. The summed E-state index contributed by atoms with van der Waals surface area (Å²) < 4.78 is 11.5. The number of unbranched alkanes of at least 4 members (excludes halogenated alkanes) is 3. The number of benzene rings is 4. The van der Waals surface area contributed by atoms with Crippen molar-refractivity contribution in [2.24, 2.45) is 0 Å². The first-order valence-corrected chi connectivity index (χ1v) is 16.3. The first-order chi connectivity index (χ1) is 23.5. The van der Waals surface area contributed by atoms with E-state index in [4.69, 9.17) is 9.47 Å². The summed E-state index contributed by atoms with van der Waals surface area (Å²) in [5.41, 5.74) is 5.09. The van der Waals surface area contributed by atoms with Gasteiger partial charge in [-0.15, -0.1) is 0 Å². The lowest BCUT2D eigenvalue weighted by Gasteiger charge is -2.14. The lowest BCUT2D eigenvalue weighted by Crippen LogP contribution is -2.22. The molecule has 9 nitrogen and oxygen atoms in total. The number of aromatic hydroxyl groups is 1. The van der Waals surface area contributed by atoms with Gasteiger partial charge in [0.05, 0.1) is 32.5 Å². The first kappa shape index (κ1) is 36.2. The summed E-state index contributed by atoms with van der Waals surface area (Å²) in [7, 11) is 0. The predicted molar refractivity (Wildman–Crippen MR) is 189 cm³/mol. The van der Waals surface area contributed by atoms with Gasteiger partial charge in [-0.25, -0.2) is 4.79 Å². The monoisotopic (exact) mass is 651 g/mol. The molecule has 0 aliphatic heterocycles. The highest BCUT2D eigenvalue weighted by Gasteiger charge is 2.10. The summed E-state index contributed by atoms with van der Waals surface area (Å²) in [5.74, 6) is 6.28. The Morgan fingerprint density at radius 2 is 1.44 bits per heavy atom. The zero-order valence-corrected chi connectivity index (χ0v) is 27.2. The van der Waals surface area contributed by atoms with Crippen LogP contribution in [-0.2, 0) is 22.7 Å². The molecule has 0 heterocycles. The van der Waals surface area contributed by atoms with Crippen molar-refractivity contribution in [2.75, 3.05) is 43.5 Å². The minimum absolute atomic E-state index is 0.0291. The van der Waals surface area contributed by atoms with Crippen LogP contribution in [0, 0.1) is 11.8 Å². The maximum Gasteiger partial charge on any atom is 0.323 e. The van der Waals surface area contributed by atoms with Crippen molar-refractivity contribution in [3.63, 3.8) is 0 Å². The van der Waals surface area contributed by atoms with Crippen LogP contribution in [0.25, 0.3) is 0 Å². The van der Waals surface area contributed by atoms with Crippen LogP contribution in [0.5, 0.6) is 5.75 Å². The van der Waals surface area contributed by atoms with E-state index in [1.165, 1.54) is 6.07 Å². The zero-order valence-electron chi connectivity index (χ0n) is 27.2. The fourth-order valence-electron chi connectivity index (χ4n) is 4.89. The van der Waals surface area contributed by atoms with E-state index in [0.717, 1.165) is 48.9 Å². The quantitative estimate of drug-likeness (QED) is 0.0546. The van der Waals surface area contributed by atoms with Crippen molar-refractivity contribution in [3.05, 3.63) is 125 Å². The van der Waals surface area contributed by atoms with Crippen LogP contribution in [0.15, 0.2) is 97.1 Å². The smallest absolute Gasteiger partial charge is 0.323 e. The van der Waals surface area contributed by atoms with Gasteiger partial charge in [0.2, 0.25) is 0 Å². The Labute approximate surface area is 282 Å². The minimum atomic E-state index is -0.695. The van der Waals surface area contributed by atoms with Crippen LogP contribution in [-0.4, -0.2) is 54.3 Å². The molecule has 0 aromatic heterocycles. The van der Waals surface area contributed by atoms with E-state index in [1.807, 2.05) is 78.9 Å². The summed E-state index contributed by atoms with van der Waals surface area (Å²) in [6.07, 6.45) is 3.40. The highest BCUT2D eigenvalue weighted by Crippen LogP contribution is 2.22. The average molecular weight is 652 g/mol. The normalized spacial score (nSPS) is 11.4. The van der Waals surface area contributed by atoms with Gasteiger partial charge in [0.25, 0.3) is 0 Å². The van der Waals surface area contributed by atoms with E-state index in [2.05, 4.69) is 27.8 Å². The van der Waals surface area contributed by atoms with Crippen molar-refractivity contribution in [1.82, 2.24) is 5.32 Å². The van der Waals surface area contributed by atoms with E-state index < -0.39 is 6.10 Å². The molecule has 0 spiro atoms. The van der Waals surface area contributed by atoms with Crippen molar-refractivity contribution in [2.45, 2.75) is 45.0 Å². The molecule has 0 aliphatic rings. The summed E-state index contributed by atoms with van der Waals surface area (Å²) >= 11 is 0. The molecule has 0 saturated carbocycles. The fourth-order valence-corrected chi connectivity index (χ4v) is 4.89. The number of urea groups is 1. The molecule has 2 amide bonds. The second kappa shape index (κ2) is 20.5. The lowest BCUT2D eigenvalue weighted by molar-refractivity contribution is 0.0393. The third kappa shape index (κ3) is 13.2. The molecule has 0 saturated heterocycles. The van der Waals surface area contributed by atoms with Gasteiger partial charge in [-0.2, -0.15) is 0 Å². The van der Waals surface area contributed by atoms with Crippen LogP contribution < -0.4 is 16.0 Å². The lowest BCUT2D eigenvalue weighted by atomic mass is 10.1. The number of hydrogen-bond acceptors (Lipinski definition) is 7. The van der Waals surface area contributed by atoms with E-state index in [1.54, 1.807) is 12.1 Å². The third-order valence-corrected chi connectivity index (χ3v) is 7.46. The number of aliphatic hydroxyl groups is 2. The molecule has 0 aliphatic carbocycles. The highest BCUT2D eigenvalue weighted by atomic mass is 16.5. The number of ether oxygens (including phenoxy) is 2. The van der Waals surface area contributed by atoms with E-state index in [9.17, 15) is 20.1 Å². The maximum absolute atomic E-state index is 12.6. The fraction of sp³-hybridized carbons (Fsp3) is 0.308. The maximum atomic E-state index is 12.6. The molecule has 0 bridgehead atoms. The summed E-state index contributed by atoms with van der Waals surface area (Å²) in [6, 6.07) is 29.2. The standard InChI is InChI=1S/C39H45N3O6/c43-28-34-26-33(18-19-37(34)44)38(45)27-40-20-6-1-2-7-21-47-22-23-48-29-32-13-9-15-36(25-32)42-39(46)41-35-14-8-12-31(24-35)17-16-30-10-4-3-5-11-30/h3-5,8-15,18-19,24-26,38,40,43-45H,1-2,6-7,20-23,27-29H2,(H2,41,42,46)/t38-/m1/s1. The SMILES string of the molecule is O=C(Nc1cccc(C#Cc2ccccc2)c1)Nc1cccc(COCCOCCCCCCNC[C@@H](O)c2ccc(O)c(CO)c2)c1.